The van der Waals surface area contributed by atoms with Crippen molar-refractivity contribution in [2.24, 2.45) is 0 Å². The van der Waals surface area contributed by atoms with Gasteiger partial charge >= 0.3 is 5.97 Å². The van der Waals surface area contributed by atoms with Crippen molar-refractivity contribution >= 4 is 17.8 Å². The van der Waals surface area contributed by atoms with Gasteiger partial charge in [-0.2, -0.15) is 0 Å². The monoisotopic (exact) mass is 998 g/mol. The molecule has 0 aromatic rings. The molecule has 0 aliphatic carbocycles. The molecular weight excluding hydrogens is 936 g/mol. The molecule has 2 amide bonds. The smallest absolute Gasteiger partial charge is 0.364 e. The van der Waals surface area contributed by atoms with E-state index in [9.17, 15) is 101 Å². The minimum atomic E-state index is -3.19. The van der Waals surface area contributed by atoms with Gasteiger partial charge in [-0.05, 0) is 0 Å². The molecule has 31 heteroatoms. The number of carboxylic acid groups (broad SMARTS) is 1. The quantitative estimate of drug-likeness (QED) is 0.0606. The molecule has 0 unspecified atom stereocenters. The number of aliphatic carboxylic acids is 1. The van der Waals surface area contributed by atoms with Crippen LogP contribution in [0.1, 0.15) is 20.3 Å². The van der Waals surface area contributed by atoms with Crippen LogP contribution in [0, 0.1) is 0 Å². The van der Waals surface area contributed by atoms with Crippen molar-refractivity contribution in [3.8, 4) is 0 Å². The fourth-order valence-electron chi connectivity index (χ4n) is 8.53. The Labute approximate surface area is 384 Å². The molecule has 5 fully saturated rings. The third kappa shape index (κ3) is 11.8. The van der Waals surface area contributed by atoms with Gasteiger partial charge in [-0.25, -0.2) is 4.79 Å². The first kappa shape index (κ1) is 56.3. The predicted octanol–water partition coefficient (Wildman–Crippen LogP) is -12.4. The number of hydrogen-bond acceptors (Lipinski definition) is 28. The highest BCUT2D eigenvalue weighted by Gasteiger charge is 2.61. The molecule has 5 aliphatic rings. The van der Waals surface area contributed by atoms with Crippen LogP contribution in [0.25, 0.3) is 0 Å². The lowest BCUT2D eigenvalue weighted by Crippen LogP contribution is -2.71. The van der Waals surface area contributed by atoms with Crippen molar-refractivity contribution in [3.05, 3.63) is 0 Å². The zero-order valence-electron chi connectivity index (χ0n) is 36.2. The summed E-state index contributed by atoms with van der Waals surface area (Å²) in [4.78, 5) is 37.7. The summed E-state index contributed by atoms with van der Waals surface area (Å²) in [5.41, 5.74) is 0. The van der Waals surface area contributed by atoms with Crippen molar-refractivity contribution in [3.63, 3.8) is 0 Å². The molecule has 19 N–H and O–H groups in total. The Morgan fingerprint density at radius 1 is 0.574 bits per heavy atom. The number of carbonyl (C=O) groups excluding carboxylic acids is 2. The standard InChI is InChI=1S/C37H62N2O29/c1-9(45)38-17-11(47)3-37(36(58)59,67-29(17)19(49)12(48)4-40)68-31-22(52)15(7-43)63-35(26(31)56)65-28-18(39-10(2)46)33(61-13(5-41)20(28)50)66-30-21(51)14(6-42)62-34(25(30)55)64-27-16(8-44)60-32(57)24(54)23(27)53/h11-35,40-44,47-57H,3-8H2,1-2H3,(H,38,45)(H,39,46)(H,58,59)/t11-,12+,13+,14+,15+,16+,17+,18+,19+,20+,21-,22-,23+,24+,25+,26+,27+,28+,29+,30-,31-,32+,33+,34-,35-,37-/m0/s1. The van der Waals surface area contributed by atoms with Gasteiger partial charge in [-0.15, -0.1) is 0 Å². The number of carboxylic acids is 1. The van der Waals surface area contributed by atoms with Crippen LogP contribution in [0.3, 0.4) is 0 Å². The van der Waals surface area contributed by atoms with Gasteiger partial charge in [0.15, 0.2) is 25.2 Å². The maximum atomic E-state index is 13.0. The zero-order valence-corrected chi connectivity index (χ0v) is 36.2. The number of aliphatic hydroxyl groups excluding tert-OH is 16. The summed E-state index contributed by atoms with van der Waals surface area (Å²) in [6, 6.07) is -3.51. The molecule has 68 heavy (non-hydrogen) atoms. The SMILES string of the molecule is CC(=O)N[C@H]1[C@@H](O[C@H]2[C@@H](O)[C@@H](CO)O[C@@H](O[C@H]3[C@H](O)[C@@H](O)[C@H](O)O[C@@H]3CO)[C@@H]2O)O[C@H](CO)[C@@H](O)[C@@H]1O[C@@H]1O[C@H](CO)[C@H](O)[C@H](O[C@]2(C(=O)O)C[C@H](O)[C@@H](NC(C)=O)[C@H]([C@H](O)[C@H](O)CO)O2)[C@H]1O. The average molecular weight is 999 g/mol. The number of ether oxygens (including phenoxy) is 9. The van der Waals surface area contributed by atoms with E-state index in [1.165, 1.54) is 0 Å². The van der Waals surface area contributed by atoms with Crippen LogP contribution in [0.5, 0.6) is 0 Å². The van der Waals surface area contributed by atoms with E-state index < -0.39 is 216 Å². The normalized spacial score (nSPS) is 46.6. The number of carbonyl (C=O) groups is 3. The Morgan fingerprint density at radius 3 is 1.53 bits per heavy atom. The van der Waals surface area contributed by atoms with E-state index in [4.69, 9.17) is 42.6 Å². The van der Waals surface area contributed by atoms with Crippen LogP contribution in [0.15, 0.2) is 0 Å². The van der Waals surface area contributed by atoms with E-state index in [1.807, 2.05) is 0 Å². The summed E-state index contributed by atoms with van der Waals surface area (Å²) in [6.45, 7) is -3.28. The van der Waals surface area contributed by atoms with E-state index in [0.717, 1.165) is 13.8 Å². The maximum absolute atomic E-state index is 13.0. The van der Waals surface area contributed by atoms with Crippen molar-refractivity contribution in [1.29, 1.82) is 0 Å². The molecule has 26 atom stereocenters. The molecule has 5 aliphatic heterocycles. The summed E-state index contributed by atoms with van der Waals surface area (Å²) < 4.78 is 50.7. The number of rotatable bonds is 18. The summed E-state index contributed by atoms with van der Waals surface area (Å²) in [5.74, 6) is -6.99. The summed E-state index contributed by atoms with van der Waals surface area (Å²) in [7, 11) is 0. The average Bonchev–Trinajstić information content (AvgIpc) is 3.29. The minimum absolute atomic E-state index is 0.818. The van der Waals surface area contributed by atoms with Gasteiger partial charge < -0.3 is 140 Å². The maximum Gasteiger partial charge on any atom is 0.364 e. The van der Waals surface area contributed by atoms with Crippen LogP contribution in [-0.2, 0) is 57.0 Å². The summed E-state index contributed by atoms with van der Waals surface area (Å²) in [5, 5.41) is 185. The van der Waals surface area contributed by atoms with E-state index in [2.05, 4.69) is 10.6 Å². The molecule has 5 heterocycles. The molecule has 5 saturated heterocycles. The Balaban J connectivity index is 1.45. The van der Waals surface area contributed by atoms with Gasteiger partial charge in [0.05, 0.1) is 45.2 Å². The topological polar surface area (TPSA) is 502 Å². The molecule has 5 rings (SSSR count). The second-order valence-corrected chi connectivity index (χ2v) is 16.8. The van der Waals surface area contributed by atoms with Gasteiger partial charge in [0, 0.05) is 20.3 Å². The molecule has 0 bridgehead atoms. The highest BCUT2D eigenvalue weighted by atomic mass is 16.8. The predicted molar refractivity (Wildman–Crippen MR) is 207 cm³/mol. The van der Waals surface area contributed by atoms with Gasteiger partial charge in [0.2, 0.25) is 11.8 Å². The third-order valence-electron chi connectivity index (χ3n) is 12.1. The Morgan fingerprint density at radius 2 is 1.03 bits per heavy atom. The molecule has 31 nitrogen and oxygen atoms in total. The highest BCUT2D eigenvalue weighted by molar-refractivity contribution is 5.76. The van der Waals surface area contributed by atoms with Gasteiger partial charge in [0.1, 0.15) is 116 Å². The van der Waals surface area contributed by atoms with E-state index in [-0.39, 0.29) is 0 Å². The first-order chi connectivity index (χ1) is 32.0. The van der Waals surface area contributed by atoms with Crippen LogP contribution in [0.2, 0.25) is 0 Å². The van der Waals surface area contributed by atoms with Gasteiger partial charge in [-0.1, -0.05) is 0 Å². The first-order valence-corrected chi connectivity index (χ1v) is 21.2. The van der Waals surface area contributed by atoms with Gasteiger partial charge in [-0.3, -0.25) is 9.59 Å². The lowest BCUT2D eigenvalue weighted by molar-refractivity contribution is -0.389. The van der Waals surface area contributed by atoms with Crippen LogP contribution in [0.4, 0.5) is 0 Å². The number of hydrogen-bond donors (Lipinski definition) is 19. The van der Waals surface area contributed by atoms with Gasteiger partial charge in [0.25, 0.3) is 5.79 Å². The number of amides is 2. The molecular formula is C37H62N2O29. The van der Waals surface area contributed by atoms with E-state index >= 15 is 0 Å². The Kier molecular flexibility index (Phi) is 19.7. The summed E-state index contributed by atoms with van der Waals surface area (Å²) in [6.07, 6.45) is -47.6. The lowest BCUT2D eigenvalue weighted by Gasteiger charge is -2.51. The zero-order chi connectivity index (χ0) is 50.7. The molecule has 0 aromatic carbocycles. The molecule has 0 saturated carbocycles. The second-order valence-electron chi connectivity index (χ2n) is 16.8. The number of nitrogens with one attached hydrogen (secondary N) is 2. The molecule has 0 spiro atoms. The van der Waals surface area contributed by atoms with Crippen molar-refractivity contribution in [2.75, 3.05) is 33.0 Å². The number of aliphatic hydroxyl groups is 16. The Hall–Kier alpha value is -2.59. The molecule has 0 aromatic heterocycles. The van der Waals surface area contributed by atoms with Crippen LogP contribution < -0.4 is 10.6 Å². The fraction of sp³-hybridized carbons (Fsp3) is 0.919. The second kappa shape index (κ2) is 23.8. The molecule has 0 radical (unpaired) electrons. The van der Waals surface area contributed by atoms with E-state index in [1.54, 1.807) is 0 Å². The van der Waals surface area contributed by atoms with Crippen molar-refractivity contribution in [2.45, 2.75) is 179 Å². The van der Waals surface area contributed by atoms with Crippen molar-refractivity contribution < 1.29 is 144 Å². The Bertz CT molecular complexity index is 1660. The van der Waals surface area contributed by atoms with Crippen LogP contribution >= 0.6 is 0 Å². The van der Waals surface area contributed by atoms with E-state index in [0.29, 0.717) is 0 Å². The molecule has 394 valence electrons. The highest BCUT2D eigenvalue weighted by Crippen LogP contribution is 2.39. The van der Waals surface area contributed by atoms with Crippen LogP contribution in [-0.4, -0.2) is 297 Å². The fourth-order valence-corrected chi connectivity index (χ4v) is 8.53. The largest absolute Gasteiger partial charge is 0.477 e. The third-order valence-corrected chi connectivity index (χ3v) is 12.1. The minimum Gasteiger partial charge on any atom is -0.477 e. The van der Waals surface area contributed by atoms with Crippen molar-refractivity contribution in [1.82, 2.24) is 10.6 Å². The summed E-state index contributed by atoms with van der Waals surface area (Å²) >= 11 is 0. The lowest BCUT2D eigenvalue weighted by atomic mass is 9.88. The first-order valence-electron chi connectivity index (χ1n) is 21.2.